The minimum Gasteiger partial charge on any atom is -0.508 e. The first-order valence-electron chi connectivity index (χ1n) is 13.8. The van der Waals surface area contributed by atoms with Crippen molar-refractivity contribution in [3.8, 4) is 5.75 Å². The summed E-state index contributed by atoms with van der Waals surface area (Å²) in [6.45, 7) is 3.64. The lowest BCUT2D eigenvalue weighted by Crippen LogP contribution is -2.77. The Morgan fingerprint density at radius 2 is 1.71 bits per heavy atom. The summed E-state index contributed by atoms with van der Waals surface area (Å²) in [5.41, 5.74) is 1.70. The number of rotatable bonds is 7. The van der Waals surface area contributed by atoms with Crippen LogP contribution >= 0.6 is 0 Å². The number of hydrogen-bond donors (Lipinski definition) is 2. The van der Waals surface area contributed by atoms with Crippen LogP contribution in [0.1, 0.15) is 30.5 Å². The smallest absolute Gasteiger partial charge is 0.334 e. The predicted octanol–water partition coefficient (Wildman–Crippen LogP) is 3.63. The van der Waals surface area contributed by atoms with E-state index in [1.807, 2.05) is 44.2 Å². The van der Waals surface area contributed by atoms with Gasteiger partial charge in [0.2, 0.25) is 11.8 Å². The van der Waals surface area contributed by atoms with Gasteiger partial charge >= 0.3 is 6.03 Å². The Bertz CT molecular complexity index is 1450. The number of phenols is 1. The summed E-state index contributed by atoms with van der Waals surface area (Å²) in [5, 5.41) is 15.8. The molecule has 3 aromatic carbocycles. The van der Waals surface area contributed by atoms with Crippen LogP contribution in [0.5, 0.6) is 5.75 Å². The zero-order valence-corrected chi connectivity index (χ0v) is 23.4. The molecule has 0 saturated carbocycles. The number of halogens is 2. The van der Waals surface area contributed by atoms with Gasteiger partial charge in [-0.1, -0.05) is 48.5 Å². The normalized spacial score (nSPS) is 19.3. The quantitative estimate of drug-likeness (QED) is 0.447. The van der Waals surface area contributed by atoms with Crippen molar-refractivity contribution in [3.63, 3.8) is 0 Å². The molecule has 3 aromatic rings. The van der Waals surface area contributed by atoms with Crippen molar-refractivity contribution in [3.05, 3.63) is 101 Å². The number of carbonyl (C=O) groups excluding carboxylic acids is 3. The lowest BCUT2D eigenvalue weighted by atomic mass is 9.98. The number of aromatic hydroxyl groups is 1. The first-order valence-corrected chi connectivity index (χ1v) is 13.8. The zero-order chi connectivity index (χ0) is 30.0. The molecule has 0 aliphatic carbocycles. The second kappa shape index (κ2) is 12.2. The van der Waals surface area contributed by atoms with Gasteiger partial charge in [-0.3, -0.25) is 9.59 Å². The van der Waals surface area contributed by atoms with Crippen LogP contribution < -0.4 is 5.32 Å². The number of nitrogens with zero attached hydrogens (tertiary/aromatic N) is 4. The minimum absolute atomic E-state index is 0.0582. The van der Waals surface area contributed by atoms with E-state index in [1.54, 1.807) is 17.1 Å². The number of piperazine rings is 1. The maximum Gasteiger partial charge on any atom is 0.334 e. The maximum atomic E-state index is 14.7. The summed E-state index contributed by atoms with van der Waals surface area (Å²) in [7, 11) is 0. The highest BCUT2D eigenvalue weighted by Gasteiger charge is 2.51. The average Bonchev–Trinajstić information content (AvgIpc) is 2.96. The second-order valence-corrected chi connectivity index (χ2v) is 10.8. The average molecular weight is 578 g/mol. The van der Waals surface area contributed by atoms with Gasteiger partial charge in [0.25, 0.3) is 0 Å². The van der Waals surface area contributed by atoms with E-state index in [1.165, 1.54) is 33.0 Å². The summed E-state index contributed by atoms with van der Waals surface area (Å²) in [6.07, 6.45) is -0.766. The molecule has 9 nitrogen and oxygen atoms in total. The number of fused-ring (bicyclic) bond motifs is 1. The number of benzene rings is 3. The molecular formula is C31H33F2N5O4. The van der Waals surface area contributed by atoms with E-state index in [2.05, 4.69) is 5.32 Å². The number of hydrazine groups is 1. The molecule has 0 radical (unpaired) electrons. The van der Waals surface area contributed by atoms with Gasteiger partial charge in [-0.2, -0.15) is 0 Å². The summed E-state index contributed by atoms with van der Waals surface area (Å²) >= 11 is 0. The van der Waals surface area contributed by atoms with Gasteiger partial charge in [0.15, 0.2) is 0 Å². The number of nitrogens with one attached hydrogen (secondary N) is 1. The first-order chi connectivity index (χ1) is 20.1. The molecule has 220 valence electrons. The molecule has 2 aliphatic rings. The van der Waals surface area contributed by atoms with Crippen molar-refractivity contribution in [2.45, 2.75) is 51.6 Å². The number of phenolic OH excluding ortho intramolecular Hbond substituents is 1. The summed E-state index contributed by atoms with van der Waals surface area (Å²) < 4.78 is 28.3. The van der Waals surface area contributed by atoms with E-state index >= 15 is 0 Å². The third kappa shape index (κ3) is 6.06. The molecule has 0 aromatic heterocycles. The number of amides is 4. The number of carbonyl (C=O) groups is 3. The van der Waals surface area contributed by atoms with Crippen molar-refractivity contribution in [2.75, 3.05) is 13.1 Å². The molecule has 0 bridgehead atoms. The Kier molecular flexibility index (Phi) is 8.39. The van der Waals surface area contributed by atoms with Gasteiger partial charge in [0.1, 0.15) is 29.6 Å². The van der Waals surface area contributed by atoms with Crippen molar-refractivity contribution < 1.29 is 28.3 Å². The SMILES string of the molecule is CC(C)N1CC(=O)N2[C@@H](Cc3ccc(O)cc3)C(=O)N(Cc3ccc(F)cc3F)C[C@@H]2N1C(=O)NCc1ccccc1. The Balaban J connectivity index is 1.51. The molecule has 2 heterocycles. The minimum atomic E-state index is -0.997. The van der Waals surface area contributed by atoms with E-state index in [9.17, 15) is 28.3 Å². The van der Waals surface area contributed by atoms with Gasteiger partial charge in [-0.25, -0.2) is 23.6 Å². The van der Waals surface area contributed by atoms with Crippen molar-refractivity contribution in [1.82, 2.24) is 25.1 Å². The molecule has 2 atom stereocenters. The van der Waals surface area contributed by atoms with Gasteiger partial charge in [-0.15, -0.1) is 0 Å². The highest BCUT2D eigenvalue weighted by Crippen LogP contribution is 2.30. The van der Waals surface area contributed by atoms with E-state index in [4.69, 9.17) is 0 Å². The molecule has 2 N–H and O–H groups in total. The predicted molar refractivity (Wildman–Crippen MR) is 150 cm³/mol. The molecular weight excluding hydrogens is 544 g/mol. The van der Waals surface area contributed by atoms with Gasteiger partial charge in [-0.05, 0) is 43.2 Å². The van der Waals surface area contributed by atoms with E-state index in [-0.39, 0.29) is 55.9 Å². The first kappa shape index (κ1) is 29.0. The molecule has 5 rings (SSSR count). The summed E-state index contributed by atoms with van der Waals surface area (Å²) in [4.78, 5) is 44.3. The molecule has 42 heavy (non-hydrogen) atoms. The van der Waals surface area contributed by atoms with Crippen molar-refractivity contribution in [1.29, 1.82) is 0 Å². The number of urea groups is 1. The van der Waals surface area contributed by atoms with E-state index < -0.39 is 35.8 Å². The third-order valence-corrected chi connectivity index (χ3v) is 7.61. The lowest BCUT2D eigenvalue weighted by Gasteiger charge is -2.56. The number of hydrogen-bond acceptors (Lipinski definition) is 5. The highest BCUT2D eigenvalue weighted by atomic mass is 19.1. The molecule has 2 saturated heterocycles. The standard InChI is InChI=1S/C31H33F2N5O4/c1-20(2)36-19-29(40)37-27(14-21-8-12-25(39)13-9-21)30(41)35(17-23-10-11-24(32)15-26(23)33)18-28(37)38(36)31(42)34-16-22-6-4-3-5-7-22/h3-13,15,20,27-28,39H,14,16-19H2,1-2H3,(H,34,42)/t27-,28-/m0/s1. The van der Waals surface area contributed by atoms with Crippen LogP contribution in [0.2, 0.25) is 0 Å². The van der Waals surface area contributed by atoms with Crippen molar-refractivity contribution >= 4 is 17.8 Å². The molecule has 0 spiro atoms. The topological polar surface area (TPSA) is 96.4 Å². The monoisotopic (exact) mass is 577 g/mol. The Labute approximate surface area is 242 Å². The van der Waals surface area contributed by atoms with Crippen LogP contribution in [0.4, 0.5) is 13.6 Å². The molecule has 2 fully saturated rings. The Hall–Kier alpha value is -4.51. The van der Waals surface area contributed by atoms with Crippen LogP contribution in [-0.4, -0.2) is 74.1 Å². The second-order valence-electron chi connectivity index (χ2n) is 10.8. The fourth-order valence-corrected chi connectivity index (χ4v) is 5.49. The summed E-state index contributed by atoms with van der Waals surface area (Å²) in [5.74, 6) is -2.20. The molecule has 4 amide bonds. The molecule has 11 heteroatoms. The van der Waals surface area contributed by atoms with Gasteiger partial charge < -0.3 is 20.2 Å². The maximum absolute atomic E-state index is 14.7. The van der Waals surface area contributed by atoms with Crippen LogP contribution in [0, 0.1) is 11.6 Å². The lowest BCUT2D eigenvalue weighted by molar-refractivity contribution is -0.195. The Morgan fingerprint density at radius 3 is 2.38 bits per heavy atom. The Morgan fingerprint density at radius 1 is 1.00 bits per heavy atom. The highest BCUT2D eigenvalue weighted by molar-refractivity contribution is 5.91. The molecule has 0 unspecified atom stereocenters. The van der Waals surface area contributed by atoms with Crippen molar-refractivity contribution in [2.24, 2.45) is 0 Å². The fourth-order valence-electron chi connectivity index (χ4n) is 5.49. The largest absolute Gasteiger partial charge is 0.508 e. The van der Waals surface area contributed by atoms with Crippen LogP contribution in [0.3, 0.4) is 0 Å². The van der Waals surface area contributed by atoms with E-state index in [0.717, 1.165) is 17.7 Å². The van der Waals surface area contributed by atoms with E-state index in [0.29, 0.717) is 5.56 Å². The van der Waals surface area contributed by atoms with Crippen LogP contribution in [0.15, 0.2) is 72.8 Å². The zero-order valence-electron chi connectivity index (χ0n) is 23.4. The fraction of sp³-hybridized carbons (Fsp3) is 0.323. The van der Waals surface area contributed by atoms with Gasteiger partial charge in [0, 0.05) is 37.2 Å². The van der Waals surface area contributed by atoms with Crippen LogP contribution in [-0.2, 0) is 29.1 Å². The molecule has 2 aliphatic heterocycles. The van der Waals surface area contributed by atoms with Crippen LogP contribution in [0.25, 0.3) is 0 Å². The summed E-state index contributed by atoms with van der Waals surface area (Å²) in [6, 6.07) is 17.2. The third-order valence-electron chi connectivity index (χ3n) is 7.61. The van der Waals surface area contributed by atoms with Gasteiger partial charge in [0.05, 0.1) is 13.1 Å².